The molecule has 0 radical (unpaired) electrons. The Kier molecular flexibility index (Phi) is 5.10. The van der Waals surface area contributed by atoms with Gasteiger partial charge in [-0.05, 0) is 42.5 Å². The van der Waals surface area contributed by atoms with E-state index in [2.05, 4.69) is 52.7 Å². The maximum absolute atomic E-state index is 12.0. The highest BCUT2D eigenvalue weighted by atomic mass is 16.4. The van der Waals surface area contributed by atoms with Gasteiger partial charge >= 0.3 is 5.63 Å². The van der Waals surface area contributed by atoms with Gasteiger partial charge in [0.15, 0.2) is 0 Å². The predicted molar refractivity (Wildman–Crippen MR) is 109 cm³/mol. The van der Waals surface area contributed by atoms with E-state index in [1.807, 2.05) is 13.8 Å². The quantitative estimate of drug-likeness (QED) is 0.702. The molecular weight excluding hydrogens is 336 g/mol. The van der Waals surface area contributed by atoms with Crippen LogP contribution in [0, 0.1) is 13.8 Å². The van der Waals surface area contributed by atoms with E-state index in [9.17, 15) is 4.79 Å². The van der Waals surface area contributed by atoms with Crippen molar-refractivity contribution < 1.29 is 4.42 Å². The molecule has 27 heavy (non-hydrogen) atoms. The lowest BCUT2D eigenvalue weighted by molar-refractivity contribution is 0.320. The van der Waals surface area contributed by atoms with E-state index < -0.39 is 0 Å². The number of fused-ring (bicyclic) bond motifs is 1. The first-order valence-electron chi connectivity index (χ1n) is 9.63. The van der Waals surface area contributed by atoms with Gasteiger partial charge in [-0.1, -0.05) is 42.5 Å². The minimum absolute atomic E-state index is 0.273. The van der Waals surface area contributed by atoms with E-state index in [0.29, 0.717) is 12.6 Å². The first kappa shape index (κ1) is 18.0. The number of hydrogen-bond acceptors (Lipinski definition) is 4. The van der Waals surface area contributed by atoms with E-state index >= 15 is 0 Å². The second-order valence-electron chi connectivity index (χ2n) is 7.56. The predicted octanol–water partition coefficient (Wildman–Crippen LogP) is 3.77. The van der Waals surface area contributed by atoms with Gasteiger partial charge in [-0.3, -0.25) is 4.90 Å². The molecule has 0 unspecified atom stereocenters. The average Bonchev–Trinajstić information content (AvgIpc) is 3.11. The highest BCUT2D eigenvalue weighted by molar-refractivity contribution is 5.83. The Bertz CT molecular complexity index is 994. The fraction of sp³-hybridized carbons (Fsp3) is 0.348. The van der Waals surface area contributed by atoms with Gasteiger partial charge in [0.25, 0.3) is 0 Å². The van der Waals surface area contributed by atoms with Gasteiger partial charge in [-0.15, -0.1) is 0 Å². The van der Waals surface area contributed by atoms with Crippen LogP contribution in [0.5, 0.6) is 0 Å². The lowest BCUT2D eigenvalue weighted by Crippen LogP contribution is -2.32. The normalized spacial score (nSPS) is 17.6. The number of nitrogens with zero attached hydrogens (tertiary/aromatic N) is 1. The molecule has 0 bridgehead atoms. The van der Waals surface area contributed by atoms with Crippen LogP contribution in [0.3, 0.4) is 0 Å². The molecule has 2 aromatic carbocycles. The van der Waals surface area contributed by atoms with Gasteiger partial charge in [0.1, 0.15) is 5.58 Å². The van der Waals surface area contributed by atoms with Crippen molar-refractivity contribution >= 4 is 11.0 Å². The lowest BCUT2D eigenvalue weighted by atomic mass is 10.0. The van der Waals surface area contributed by atoms with Crippen LogP contribution in [-0.4, -0.2) is 24.0 Å². The Morgan fingerprint density at radius 2 is 1.96 bits per heavy atom. The minimum atomic E-state index is -0.273. The van der Waals surface area contributed by atoms with Crippen LogP contribution in [0.25, 0.3) is 11.0 Å². The van der Waals surface area contributed by atoms with Crippen LogP contribution in [0.4, 0.5) is 0 Å². The van der Waals surface area contributed by atoms with E-state index in [0.717, 1.165) is 53.7 Å². The van der Waals surface area contributed by atoms with Crippen molar-refractivity contribution in [3.63, 3.8) is 0 Å². The molecule has 4 nitrogen and oxygen atoms in total. The molecule has 1 atom stereocenters. The summed E-state index contributed by atoms with van der Waals surface area (Å²) in [6.45, 7) is 7.87. The average molecular weight is 362 g/mol. The van der Waals surface area contributed by atoms with Crippen molar-refractivity contribution in [2.24, 2.45) is 0 Å². The smallest absolute Gasteiger partial charge is 0.336 e. The van der Waals surface area contributed by atoms with Gasteiger partial charge < -0.3 is 9.73 Å². The molecule has 3 aromatic rings. The van der Waals surface area contributed by atoms with Gasteiger partial charge in [-0.25, -0.2) is 4.79 Å². The van der Waals surface area contributed by atoms with Crippen molar-refractivity contribution in [3.8, 4) is 0 Å². The Hall–Kier alpha value is -2.43. The molecule has 0 amide bonds. The SMILES string of the molecule is Cc1ccc2c(CN[C@@H]3CCN(Cc4ccccc4)C3)cc(=O)oc2c1C. The number of rotatable bonds is 5. The second kappa shape index (κ2) is 7.67. The molecule has 0 aliphatic carbocycles. The molecule has 1 aromatic heterocycles. The second-order valence-corrected chi connectivity index (χ2v) is 7.56. The highest BCUT2D eigenvalue weighted by Gasteiger charge is 2.22. The molecule has 1 aliphatic rings. The third-order valence-corrected chi connectivity index (χ3v) is 5.62. The summed E-state index contributed by atoms with van der Waals surface area (Å²) in [5.41, 5.74) is 5.01. The third kappa shape index (κ3) is 3.97. The third-order valence-electron chi connectivity index (χ3n) is 5.62. The molecule has 0 saturated carbocycles. The standard InChI is InChI=1S/C23H26N2O2/c1-16-8-9-21-19(12-22(26)27-23(21)17(16)2)13-24-20-10-11-25(15-20)14-18-6-4-3-5-7-18/h3-9,12,20,24H,10-11,13-15H2,1-2H3/t20-/m1/s1. The maximum atomic E-state index is 12.0. The van der Waals surface area contributed by atoms with Crippen molar-refractivity contribution in [1.29, 1.82) is 0 Å². The van der Waals surface area contributed by atoms with Gasteiger partial charge in [-0.2, -0.15) is 0 Å². The van der Waals surface area contributed by atoms with Gasteiger partial charge in [0, 0.05) is 43.7 Å². The van der Waals surface area contributed by atoms with Crippen molar-refractivity contribution in [3.05, 3.63) is 81.2 Å². The molecule has 0 spiro atoms. The zero-order chi connectivity index (χ0) is 18.8. The summed E-state index contributed by atoms with van der Waals surface area (Å²) >= 11 is 0. The summed E-state index contributed by atoms with van der Waals surface area (Å²) in [6, 6.07) is 16.8. The van der Waals surface area contributed by atoms with Crippen LogP contribution in [0.2, 0.25) is 0 Å². The van der Waals surface area contributed by atoms with Gasteiger partial charge in [0.2, 0.25) is 0 Å². The summed E-state index contributed by atoms with van der Waals surface area (Å²) in [7, 11) is 0. The van der Waals surface area contributed by atoms with Crippen LogP contribution in [-0.2, 0) is 13.1 Å². The largest absolute Gasteiger partial charge is 0.422 e. The fourth-order valence-corrected chi connectivity index (χ4v) is 3.91. The summed E-state index contributed by atoms with van der Waals surface area (Å²) in [5.74, 6) is 0. The number of benzene rings is 2. The molecule has 1 saturated heterocycles. The zero-order valence-corrected chi connectivity index (χ0v) is 16.0. The molecule has 1 N–H and O–H groups in total. The molecule has 1 fully saturated rings. The number of nitrogens with one attached hydrogen (secondary N) is 1. The van der Waals surface area contributed by atoms with Crippen LogP contribution in [0.15, 0.2) is 57.7 Å². The van der Waals surface area contributed by atoms with E-state index in [-0.39, 0.29) is 5.63 Å². The van der Waals surface area contributed by atoms with Crippen LogP contribution in [0.1, 0.15) is 28.7 Å². The van der Waals surface area contributed by atoms with E-state index in [1.165, 1.54) is 5.56 Å². The topological polar surface area (TPSA) is 45.5 Å². The Balaban J connectivity index is 1.44. The van der Waals surface area contributed by atoms with Crippen molar-refractivity contribution in [1.82, 2.24) is 10.2 Å². The molecule has 4 rings (SSSR count). The van der Waals surface area contributed by atoms with E-state index in [1.54, 1.807) is 6.07 Å². The summed E-state index contributed by atoms with van der Waals surface area (Å²) in [5, 5.41) is 4.68. The Morgan fingerprint density at radius 1 is 1.15 bits per heavy atom. The van der Waals surface area contributed by atoms with Crippen molar-refractivity contribution in [2.45, 2.75) is 39.4 Å². The summed E-state index contributed by atoms with van der Waals surface area (Å²) < 4.78 is 5.48. The lowest BCUT2D eigenvalue weighted by Gasteiger charge is -2.17. The first-order chi connectivity index (χ1) is 13.1. The molecule has 4 heteroatoms. The molecule has 1 aliphatic heterocycles. The monoisotopic (exact) mass is 362 g/mol. The summed E-state index contributed by atoms with van der Waals surface area (Å²) in [4.78, 5) is 14.5. The van der Waals surface area contributed by atoms with Crippen LogP contribution >= 0.6 is 0 Å². The number of likely N-dealkylation sites (tertiary alicyclic amines) is 1. The number of hydrogen-bond donors (Lipinski definition) is 1. The minimum Gasteiger partial charge on any atom is -0.422 e. The molecule has 2 heterocycles. The van der Waals surface area contributed by atoms with Crippen molar-refractivity contribution in [2.75, 3.05) is 13.1 Å². The fourth-order valence-electron chi connectivity index (χ4n) is 3.91. The van der Waals surface area contributed by atoms with Crippen LogP contribution < -0.4 is 10.9 Å². The Morgan fingerprint density at radius 3 is 2.78 bits per heavy atom. The maximum Gasteiger partial charge on any atom is 0.336 e. The number of aryl methyl sites for hydroxylation is 2. The highest BCUT2D eigenvalue weighted by Crippen LogP contribution is 2.23. The Labute approximate surface area is 159 Å². The first-order valence-corrected chi connectivity index (χ1v) is 9.63. The van der Waals surface area contributed by atoms with E-state index in [4.69, 9.17) is 4.42 Å². The zero-order valence-electron chi connectivity index (χ0n) is 16.0. The summed E-state index contributed by atoms with van der Waals surface area (Å²) in [6.07, 6.45) is 1.13. The van der Waals surface area contributed by atoms with Gasteiger partial charge in [0.05, 0.1) is 0 Å². The molecular formula is C23H26N2O2. The molecule has 140 valence electrons.